The Morgan fingerprint density at radius 3 is 2.59 bits per heavy atom. The van der Waals surface area contributed by atoms with Crippen molar-refractivity contribution in [3.63, 3.8) is 0 Å². The molecule has 3 aromatic heterocycles. The second-order valence-corrected chi connectivity index (χ2v) is 7.48. The third-order valence-corrected chi connectivity index (χ3v) is 5.75. The number of benzene rings is 1. The predicted octanol–water partition coefficient (Wildman–Crippen LogP) is 4.50. The Balaban J connectivity index is 1.88. The van der Waals surface area contributed by atoms with E-state index in [1.165, 1.54) is 18.4 Å². The number of ketones is 1. The molecule has 0 spiro atoms. The van der Waals surface area contributed by atoms with Crippen LogP contribution in [0.25, 0.3) is 21.3 Å². The van der Waals surface area contributed by atoms with Crippen molar-refractivity contribution < 1.29 is 14.3 Å². The summed E-state index contributed by atoms with van der Waals surface area (Å²) in [4.78, 5) is 23.2. The summed E-state index contributed by atoms with van der Waals surface area (Å²) in [6.45, 7) is 1.92. The van der Waals surface area contributed by atoms with Gasteiger partial charge in [-0.05, 0) is 42.8 Å². The minimum atomic E-state index is -0.179. The number of fused-ring (bicyclic) bond motifs is 1. The molecule has 0 fully saturated rings. The van der Waals surface area contributed by atoms with Gasteiger partial charge >= 0.3 is 0 Å². The first-order valence-electron chi connectivity index (χ1n) is 8.90. The Labute approximate surface area is 171 Å². The first-order chi connectivity index (χ1) is 14.0. The van der Waals surface area contributed by atoms with Gasteiger partial charge in [-0.25, -0.2) is 4.98 Å². The Morgan fingerprint density at radius 1 is 1.10 bits per heavy atom. The molecule has 0 saturated carbocycles. The third kappa shape index (κ3) is 3.30. The SMILES string of the molecule is COc1ccc(C(=O)c2sc3nc(C)cc(-c4cccnc4)c3c2N)cc1OC. The number of ether oxygens (including phenoxy) is 2. The lowest BCUT2D eigenvalue weighted by atomic mass is 10.0. The maximum absolute atomic E-state index is 13.2. The van der Waals surface area contributed by atoms with Crippen LogP contribution in [0.15, 0.2) is 48.8 Å². The van der Waals surface area contributed by atoms with Crippen LogP contribution in [0.3, 0.4) is 0 Å². The number of aromatic nitrogens is 2. The molecule has 0 radical (unpaired) electrons. The van der Waals surface area contributed by atoms with E-state index in [2.05, 4.69) is 9.97 Å². The first kappa shape index (κ1) is 18.9. The van der Waals surface area contributed by atoms with Crippen LogP contribution >= 0.6 is 11.3 Å². The molecular formula is C22H19N3O3S. The van der Waals surface area contributed by atoms with Crippen molar-refractivity contribution >= 4 is 33.0 Å². The van der Waals surface area contributed by atoms with Crippen LogP contribution in [0.2, 0.25) is 0 Å². The summed E-state index contributed by atoms with van der Waals surface area (Å²) in [5, 5.41) is 0.775. The minimum absolute atomic E-state index is 0.179. The Hall–Kier alpha value is -3.45. The smallest absolute Gasteiger partial charge is 0.205 e. The number of anilines is 1. The number of nitrogens with zero attached hydrogens (tertiary/aromatic N) is 2. The number of carbonyl (C=O) groups is 1. The van der Waals surface area contributed by atoms with Gasteiger partial charge < -0.3 is 15.2 Å². The van der Waals surface area contributed by atoms with E-state index in [1.807, 2.05) is 25.1 Å². The fourth-order valence-electron chi connectivity index (χ4n) is 3.27. The van der Waals surface area contributed by atoms with E-state index in [4.69, 9.17) is 15.2 Å². The largest absolute Gasteiger partial charge is 0.493 e. The molecule has 0 atom stereocenters. The van der Waals surface area contributed by atoms with E-state index >= 15 is 0 Å². The zero-order valence-corrected chi connectivity index (χ0v) is 17.0. The lowest BCUT2D eigenvalue weighted by molar-refractivity contribution is 0.104. The molecule has 146 valence electrons. The van der Waals surface area contributed by atoms with Gasteiger partial charge in [-0.2, -0.15) is 0 Å². The van der Waals surface area contributed by atoms with Crippen molar-refractivity contribution in [2.75, 3.05) is 20.0 Å². The zero-order valence-electron chi connectivity index (χ0n) is 16.2. The summed E-state index contributed by atoms with van der Waals surface area (Å²) >= 11 is 1.30. The molecule has 0 saturated heterocycles. The Bertz CT molecular complexity index is 1220. The Kier molecular flexibility index (Phi) is 4.90. The highest BCUT2D eigenvalue weighted by Crippen LogP contribution is 2.41. The van der Waals surface area contributed by atoms with Crippen molar-refractivity contribution in [3.8, 4) is 22.6 Å². The molecule has 0 aliphatic rings. The lowest BCUT2D eigenvalue weighted by Gasteiger charge is -2.09. The van der Waals surface area contributed by atoms with Crippen LogP contribution in [0.5, 0.6) is 11.5 Å². The monoisotopic (exact) mass is 405 g/mol. The highest BCUT2D eigenvalue weighted by atomic mass is 32.1. The average molecular weight is 405 g/mol. The van der Waals surface area contributed by atoms with E-state index in [9.17, 15) is 4.79 Å². The van der Waals surface area contributed by atoms with Gasteiger partial charge in [0.1, 0.15) is 9.71 Å². The number of thiophene rings is 1. The van der Waals surface area contributed by atoms with Crippen molar-refractivity contribution in [2.45, 2.75) is 6.92 Å². The van der Waals surface area contributed by atoms with E-state index in [1.54, 1.807) is 37.7 Å². The molecule has 29 heavy (non-hydrogen) atoms. The number of hydrogen-bond donors (Lipinski definition) is 1. The molecule has 4 aromatic rings. The number of nitrogens with two attached hydrogens (primary N) is 1. The molecule has 0 aliphatic carbocycles. The van der Waals surface area contributed by atoms with Crippen LogP contribution in [0, 0.1) is 6.92 Å². The second-order valence-electron chi connectivity index (χ2n) is 6.48. The lowest BCUT2D eigenvalue weighted by Crippen LogP contribution is -2.03. The minimum Gasteiger partial charge on any atom is -0.493 e. The van der Waals surface area contributed by atoms with Gasteiger partial charge in [0.15, 0.2) is 11.5 Å². The van der Waals surface area contributed by atoms with E-state index in [-0.39, 0.29) is 5.78 Å². The van der Waals surface area contributed by atoms with Gasteiger partial charge in [-0.3, -0.25) is 9.78 Å². The number of rotatable bonds is 5. The molecule has 0 unspecified atom stereocenters. The molecule has 7 heteroatoms. The summed E-state index contributed by atoms with van der Waals surface area (Å²) in [5.74, 6) is 0.869. The van der Waals surface area contributed by atoms with Crippen LogP contribution in [0.4, 0.5) is 5.69 Å². The van der Waals surface area contributed by atoms with Crippen molar-refractivity contribution in [2.24, 2.45) is 0 Å². The average Bonchev–Trinajstić information content (AvgIpc) is 3.08. The maximum Gasteiger partial charge on any atom is 0.205 e. The predicted molar refractivity (Wildman–Crippen MR) is 115 cm³/mol. The van der Waals surface area contributed by atoms with Gasteiger partial charge in [-0.15, -0.1) is 11.3 Å². The number of methoxy groups -OCH3 is 2. The maximum atomic E-state index is 13.2. The van der Waals surface area contributed by atoms with E-state index < -0.39 is 0 Å². The normalized spacial score (nSPS) is 10.9. The van der Waals surface area contributed by atoms with Gasteiger partial charge in [0.05, 0.1) is 19.9 Å². The standard InChI is InChI=1S/C22H19N3O3S/c1-12-9-15(14-5-4-8-24-11-14)18-19(23)21(29-22(18)25-12)20(26)13-6-7-16(27-2)17(10-13)28-3/h4-11H,23H2,1-3H3. The second kappa shape index (κ2) is 7.52. The molecule has 6 nitrogen and oxygen atoms in total. The number of aryl methyl sites for hydroxylation is 1. The van der Waals surface area contributed by atoms with Gasteiger partial charge in [0.25, 0.3) is 0 Å². The number of nitrogen functional groups attached to an aromatic ring is 1. The molecule has 0 bridgehead atoms. The fourth-order valence-corrected chi connectivity index (χ4v) is 4.40. The van der Waals surface area contributed by atoms with Crippen LogP contribution in [-0.2, 0) is 0 Å². The van der Waals surface area contributed by atoms with Gasteiger partial charge in [0, 0.05) is 34.6 Å². The fraction of sp³-hybridized carbons (Fsp3) is 0.136. The van der Waals surface area contributed by atoms with Crippen LogP contribution in [0.1, 0.15) is 20.9 Å². The molecule has 0 aliphatic heterocycles. The Morgan fingerprint density at radius 2 is 1.90 bits per heavy atom. The zero-order chi connectivity index (χ0) is 20.5. The van der Waals surface area contributed by atoms with Crippen molar-refractivity contribution in [3.05, 3.63) is 64.9 Å². The first-order valence-corrected chi connectivity index (χ1v) is 9.72. The summed E-state index contributed by atoms with van der Waals surface area (Å²) in [5.41, 5.74) is 10.1. The summed E-state index contributed by atoms with van der Waals surface area (Å²) in [7, 11) is 3.09. The van der Waals surface area contributed by atoms with Crippen molar-refractivity contribution in [1.29, 1.82) is 0 Å². The topological polar surface area (TPSA) is 87.3 Å². The summed E-state index contributed by atoms with van der Waals surface area (Å²) < 4.78 is 10.6. The third-order valence-electron chi connectivity index (χ3n) is 4.65. The highest BCUT2D eigenvalue weighted by molar-refractivity contribution is 7.21. The summed E-state index contributed by atoms with van der Waals surface area (Å²) in [6, 6.07) is 10.9. The molecule has 0 amide bonds. The van der Waals surface area contributed by atoms with Gasteiger partial charge in [-0.1, -0.05) is 6.07 Å². The molecular weight excluding hydrogens is 386 g/mol. The summed E-state index contributed by atoms with van der Waals surface area (Å²) in [6.07, 6.45) is 3.50. The number of carbonyl (C=O) groups excluding carboxylic acids is 1. The number of pyridine rings is 2. The van der Waals surface area contributed by atoms with E-state index in [0.717, 1.165) is 27.0 Å². The number of hydrogen-bond acceptors (Lipinski definition) is 7. The molecule has 4 rings (SSSR count). The molecule has 2 N–H and O–H groups in total. The quantitative estimate of drug-likeness (QED) is 0.492. The van der Waals surface area contributed by atoms with Crippen LogP contribution < -0.4 is 15.2 Å². The highest BCUT2D eigenvalue weighted by Gasteiger charge is 2.22. The molecule has 3 heterocycles. The van der Waals surface area contributed by atoms with Crippen molar-refractivity contribution in [1.82, 2.24) is 9.97 Å². The van der Waals surface area contributed by atoms with Crippen LogP contribution in [-0.4, -0.2) is 30.0 Å². The van der Waals surface area contributed by atoms with E-state index in [0.29, 0.717) is 27.6 Å². The molecule has 1 aromatic carbocycles. The van der Waals surface area contributed by atoms with Gasteiger partial charge in [0.2, 0.25) is 5.78 Å².